The molecule has 90 valence electrons. The Balaban J connectivity index is 3.09. The Morgan fingerprint density at radius 2 is 1.56 bits per heavy atom. The third kappa shape index (κ3) is 3.51. The molecule has 0 aliphatic heterocycles. The maximum atomic E-state index is 13.6. The van der Waals surface area contributed by atoms with Crippen LogP contribution < -0.4 is 4.74 Å². The van der Waals surface area contributed by atoms with Gasteiger partial charge in [-0.2, -0.15) is 0 Å². The highest BCUT2D eigenvalue weighted by Gasteiger charge is 2.20. The minimum atomic E-state index is -0.257. The SMILES string of the molecule is CC(C)(C)Oc1ccc(F)c(C(C)(C)C)c1. The number of rotatable bonds is 1. The summed E-state index contributed by atoms with van der Waals surface area (Å²) in [7, 11) is 0. The summed E-state index contributed by atoms with van der Waals surface area (Å²) < 4.78 is 19.4. The summed E-state index contributed by atoms with van der Waals surface area (Å²) in [6.45, 7) is 11.9. The maximum Gasteiger partial charge on any atom is 0.127 e. The number of hydrogen-bond donors (Lipinski definition) is 0. The van der Waals surface area contributed by atoms with Gasteiger partial charge in [-0.25, -0.2) is 4.39 Å². The van der Waals surface area contributed by atoms with Crippen molar-refractivity contribution in [2.24, 2.45) is 0 Å². The van der Waals surface area contributed by atoms with E-state index in [0.29, 0.717) is 5.56 Å². The summed E-state index contributed by atoms with van der Waals surface area (Å²) in [6, 6.07) is 4.94. The molecule has 0 aromatic heterocycles. The Bertz CT molecular complexity index is 369. The van der Waals surface area contributed by atoms with E-state index in [-0.39, 0.29) is 16.8 Å². The first-order valence-electron chi connectivity index (χ1n) is 5.59. The van der Waals surface area contributed by atoms with Crippen molar-refractivity contribution in [1.29, 1.82) is 0 Å². The molecule has 0 atom stereocenters. The minimum Gasteiger partial charge on any atom is -0.488 e. The van der Waals surface area contributed by atoms with Crippen LogP contribution >= 0.6 is 0 Å². The monoisotopic (exact) mass is 224 g/mol. The van der Waals surface area contributed by atoms with Crippen LogP contribution in [0, 0.1) is 5.82 Å². The molecule has 0 aliphatic rings. The lowest BCUT2D eigenvalue weighted by Crippen LogP contribution is -2.23. The van der Waals surface area contributed by atoms with E-state index in [4.69, 9.17) is 4.74 Å². The lowest BCUT2D eigenvalue weighted by atomic mass is 9.86. The van der Waals surface area contributed by atoms with Gasteiger partial charge < -0.3 is 4.74 Å². The van der Waals surface area contributed by atoms with Gasteiger partial charge >= 0.3 is 0 Å². The summed E-state index contributed by atoms with van der Waals surface area (Å²) in [5, 5.41) is 0. The molecular weight excluding hydrogens is 203 g/mol. The van der Waals surface area contributed by atoms with Crippen molar-refractivity contribution in [3.8, 4) is 5.75 Å². The van der Waals surface area contributed by atoms with Gasteiger partial charge in [0.25, 0.3) is 0 Å². The molecule has 0 amide bonds. The normalized spacial score (nSPS) is 12.7. The molecule has 0 saturated heterocycles. The molecule has 2 heteroatoms. The van der Waals surface area contributed by atoms with Crippen molar-refractivity contribution in [2.75, 3.05) is 0 Å². The van der Waals surface area contributed by atoms with Gasteiger partial charge in [0, 0.05) is 0 Å². The van der Waals surface area contributed by atoms with E-state index in [1.165, 1.54) is 6.07 Å². The maximum absolute atomic E-state index is 13.6. The highest BCUT2D eigenvalue weighted by Crippen LogP contribution is 2.29. The van der Waals surface area contributed by atoms with Gasteiger partial charge in [0.1, 0.15) is 17.2 Å². The van der Waals surface area contributed by atoms with Crippen LogP contribution in [-0.4, -0.2) is 5.60 Å². The van der Waals surface area contributed by atoms with Gasteiger partial charge in [0.15, 0.2) is 0 Å². The second kappa shape index (κ2) is 4.08. The molecule has 0 bridgehead atoms. The molecule has 0 unspecified atom stereocenters. The molecule has 0 N–H and O–H groups in total. The average molecular weight is 224 g/mol. The summed E-state index contributed by atoms with van der Waals surface area (Å²) >= 11 is 0. The molecular formula is C14H21FO. The zero-order valence-corrected chi connectivity index (χ0v) is 11.0. The Morgan fingerprint density at radius 1 is 1.00 bits per heavy atom. The van der Waals surface area contributed by atoms with E-state index in [1.54, 1.807) is 12.1 Å². The Kier molecular flexibility index (Phi) is 3.32. The van der Waals surface area contributed by atoms with Crippen molar-refractivity contribution in [2.45, 2.75) is 52.6 Å². The van der Waals surface area contributed by atoms with Gasteiger partial charge in [-0.1, -0.05) is 20.8 Å². The molecule has 1 aromatic rings. The summed E-state index contributed by atoms with van der Waals surface area (Å²) in [6.07, 6.45) is 0. The lowest BCUT2D eigenvalue weighted by Gasteiger charge is -2.24. The summed E-state index contributed by atoms with van der Waals surface area (Å²) in [5.74, 6) is 0.549. The van der Waals surface area contributed by atoms with E-state index < -0.39 is 0 Å². The van der Waals surface area contributed by atoms with Crippen LogP contribution in [-0.2, 0) is 5.41 Å². The predicted molar refractivity (Wildman–Crippen MR) is 65.5 cm³/mol. The van der Waals surface area contributed by atoms with Gasteiger partial charge in [-0.15, -0.1) is 0 Å². The second-order valence-electron chi connectivity index (χ2n) is 6.11. The van der Waals surface area contributed by atoms with Crippen molar-refractivity contribution in [3.05, 3.63) is 29.6 Å². The Labute approximate surface area is 97.6 Å². The van der Waals surface area contributed by atoms with Crippen molar-refractivity contribution >= 4 is 0 Å². The first-order chi connectivity index (χ1) is 7.09. The van der Waals surface area contributed by atoms with Crippen LogP contribution in [0.5, 0.6) is 5.75 Å². The molecule has 1 aromatic carbocycles. The molecule has 0 aliphatic carbocycles. The first-order valence-corrected chi connectivity index (χ1v) is 5.59. The van der Waals surface area contributed by atoms with Crippen LogP contribution in [0.2, 0.25) is 0 Å². The molecule has 0 saturated carbocycles. The molecule has 1 nitrogen and oxygen atoms in total. The zero-order chi connectivity index (χ0) is 12.6. The smallest absolute Gasteiger partial charge is 0.127 e. The summed E-state index contributed by atoms with van der Waals surface area (Å²) in [5.41, 5.74) is 0.225. The quantitative estimate of drug-likeness (QED) is 0.691. The summed E-state index contributed by atoms with van der Waals surface area (Å²) in [4.78, 5) is 0. The van der Waals surface area contributed by atoms with E-state index in [9.17, 15) is 4.39 Å². The lowest BCUT2D eigenvalue weighted by molar-refractivity contribution is 0.130. The highest BCUT2D eigenvalue weighted by atomic mass is 19.1. The third-order valence-electron chi connectivity index (χ3n) is 2.17. The van der Waals surface area contributed by atoms with E-state index in [2.05, 4.69) is 0 Å². The molecule has 0 heterocycles. The van der Waals surface area contributed by atoms with E-state index >= 15 is 0 Å². The van der Waals surface area contributed by atoms with Gasteiger partial charge in [0.05, 0.1) is 0 Å². The number of benzene rings is 1. The number of hydrogen-bond acceptors (Lipinski definition) is 1. The average Bonchev–Trinajstić information content (AvgIpc) is 2.04. The molecule has 0 radical (unpaired) electrons. The van der Waals surface area contributed by atoms with Crippen LogP contribution in [0.3, 0.4) is 0 Å². The Hall–Kier alpha value is -1.05. The van der Waals surface area contributed by atoms with Gasteiger partial charge in [-0.3, -0.25) is 0 Å². The molecule has 0 spiro atoms. The van der Waals surface area contributed by atoms with Crippen LogP contribution in [0.15, 0.2) is 18.2 Å². The largest absolute Gasteiger partial charge is 0.488 e. The standard InChI is InChI=1S/C14H21FO/c1-13(2,3)11-9-10(7-8-12(11)15)16-14(4,5)6/h7-9H,1-6H3. The molecule has 16 heavy (non-hydrogen) atoms. The van der Waals surface area contributed by atoms with Crippen molar-refractivity contribution < 1.29 is 9.13 Å². The Morgan fingerprint density at radius 3 is 2.00 bits per heavy atom. The van der Waals surface area contributed by atoms with E-state index in [0.717, 1.165) is 5.75 Å². The van der Waals surface area contributed by atoms with Crippen molar-refractivity contribution in [1.82, 2.24) is 0 Å². The number of ether oxygens (including phenoxy) is 1. The van der Waals surface area contributed by atoms with Crippen LogP contribution in [0.25, 0.3) is 0 Å². The predicted octanol–water partition coefficient (Wildman–Crippen LogP) is 4.30. The van der Waals surface area contributed by atoms with Crippen LogP contribution in [0.4, 0.5) is 4.39 Å². The fourth-order valence-corrected chi connectivity index (χ4v) is 1.50. The van der Waals surface area contributed by atoms with Gasteiger partial charge in [0.2, 0.25) is 0 Å². The first kappa shape index (κ1) is 13.0. The van der Waals surface area contributed by atoms with Gasteiger partial charge in [-0.05, 0) is 49.9 Å². The highest BCUT2D eigenvalue weighted by molar-refractivity contribution is 5.34. The molecule has 1 rings (SSSR count). The van der Waals surface area contributed by atoms with E-state index in [1.807, 2.05) is 41.5 Å². The minimum absolute atomic E-state index is 0.172. The van der Waals surface area contributed by atoms with Crippen molar-refractivity contribution in [3.63, 3.8) is 0 Å². The fourth-order valence-electron chi connectivity index (χ4n) is 1.50. The third-order valence-corrected chi connectivity index (χ3v) is 2.17. The fraction of sp³-hybridized carbons (Fsp3) is 0.571. The second-order valence-corrected chi connectivity index (χ2v) is 6.11. The number of halogens is 1. The van der Waals surface area contributed by atoms with Crippen LogP contribution in [0.1, 0.15) is 47.1 Å². The molecule has 0 fully saturated rings. The topological polar surface area (TPSA) is 9.23 Å². The zero-order valence-electron chi connectivity index (χ0n) is 11.0.